The first-order valence-corrected chi connectivity index (χ1v) is 5.89. The van der Waals surface area contributed by atoms with Crippen LogP contribution in [0.5, 0.6) is 0 Å². The van der Waals surface area contributed by atoms with Crippen LogP contribution in [0.2, 0.25) is 0 Å². The van der Waals surface area contributed by atoms with Crippen LogP contribution in [0, 0.1) is 0 Å². The van der Waals surface area contributed by atoms with Crippen molar-refractivity contribution >= 4 is 51.5 Å². The van der Waals surface area contributed by atoms with Crippen LogP contribution in [0.25, 0.3) is 11.0 Å². The highest BCUT2D eigenvalue weighted by atomic mass is 35.6. The quantitative estimate of drug-likeness (QED) is 0.684. The number of fused-ring (bicyclic) bond motifs is 1. The molecule has 92 valence electrons. The molecule has 0 saturated heterocycles. The van der Waals surface area contributed by atoms with Gasteiger partial charge in [0.25, 0.3) is 0 Å². The van der Waals surface area contributed by atoms with Gasteiger partial charge in [0.2, 0.25) is 3.79 Å². The van der Waals surface area contributed by atoms with Crippen LogP contribution in [0.3, 0.4) is 0 Å². The number of ether oxygens (including phenoxy) is 1. The SMILES string of the molecule is COCn1c(C(Cl)(Cl)Cl)nc2c(N)cccc21. The summed E-state index contributed by atoms with van der Waals surface area (Å²) in [6.45, 7) is 0.239. The fourth-order valence-electron chi connectivity index (χ4n) is 1.64. The molecule has 0 aliphatic heterocycles. The summed E-state index contributed by atoms with van der Waals surface area (Å²) in [4.78, 5) is 4.26. The number of rotatable bonds is 2. The Balaban J connectivity index is 2.75. The maximum atomic E-state index is 5.87. The van der Waals surface area contributed by atoms with E-state index in [1.54, 1.807) is 17.7 Å². The van der Waals surface area contributed by atoms with E-state index in [1.807, 2.05) is 12.1 Å². The maximum absolute atomic E-state index is 5.87. The highest BCUT2D eigenvalue weighted by Gasteiger charge is 2.30. The van der Waals surface area contributed by atoms with E-state index < -0.39 is 3.79 Å². The number of halogens is 3. The zero-order valence-corrected chi connectivity index (χ0v) is 11.2. The van der Waals surface area contributed by atoms with Gasteiger partial charge in [-0.1, -0.05) is 40.9 Å². The van der Waals surface area contributed by atoms with Gasteiger partial charge in [-0.15, -0.1) is 0 Å². The molecule has 0 atom stereocenters. The number of hydrogen-bond acceptors (Lipinski definition) is 3. The van der Waals surface area contributed by atoms with E-state index >= 15 is 0 Å². The number of alkyl halides is 3. The van der Waals surface area contributed by atoms with Crippen molar-refractivity contribution in [3.8, 4) is 0 Å². The van der Waals surface area contributed by atoms with Crippen LogP contribution in [-0.2, 0) is 15.3 Å². The number of para-hydroxylation sites is 1. The normalized spacial score (nSPS) is 12.2. The lowest BCUT2D eigenvalue weighted by Crippen LogP contribution is -2.13. The number of benzene rings is 1. The number of aromatic nitrogens is 2. The zero-order chi connectivity index (χ0) is 12.6. The van der Waals surface area contributed by atoms with Gasteiger partial charge in [0, 0.05) is 7.11 Å². The van der Waals surface area contributed by atoms with Crippen LogP contribution in [0.4, 0.5) is 5.69 Å². The predicted octanol–water partition coefficient (Wildman–Crippen LogP) is 3.05. The Bertz CT molecular complexity index is 547. The summed E-state index contributed by atoms with van der Waals surface area (Å²) in [7, 11) is 1.56. The first kappa shape index (κ1) is 12.8. The molecule has 1 aromatic carbocycles. The maximum Gasteiger partial charge on any atom is 0.248 e. The van der Waals surface area contributed by atoms with Crippen LogP contribution < -0.4 is 5.73 Å². The molecule has 0 unspecified atom stereocenters. The molecule has 1 aromatic heterocycles. The van der Waals surface area contributed by atoms with Gasteiger partial charge in [0.1, 0.15) is 12.2 Å². The lowest BCUT2D eigenvalue weighted by atomic mass is 10.3. The Hall–Kier alpha value is -0.680. The molecule has 4 nitrogen and oxygen atoms in total. The van der Waals surface area contributed by atoms with E-state index in [4.69, 9.17) is 45.3 Å². The molecular formula is C10H10Cl3N3O. The third-order valence-corrected chi connectivity index (χ3v) is 2.83. The van der Waals surface area contributed by atoms with Gasteiger partial charge in [-0.3, -0.25) is 0 Å². The second-order valence-electron chi connectivity index (χ2n) is 3.49. The van der Waals surface area contributed by atoms with Gasteiger partial charge in [0.05, 0.1) is 11.2 Å². The number of imidazole rings is 1. The van der Waals surface area contributed by atoms with Crippen molar-refractivity contribution in [2.75, 3.05) is 12.8 Å². The average molecular weight is 295 g/mol. The van der Waals surface area contributed by atoms with Crippen molar-refractivity contribution in [3.63, 3.8) is 0 Å². The average Bonchev–Trinajstić information content (AvgIpc) is 2.59. The summed E-state index contributed by atoms with van der Waals surface area (Å²) in [6.07, 6.45) is 0. The number of anilines is 1. The number of nitrogens with two attached hydrogens (primary N) is 1. The Labute approximate surface area is 113 Å². The monoisotopic (exact) mass is 293 g/mol. The predicted molar refractivity (Wildman–Crippen MR) is 70.4 cm³/mol. The summed E-state index contributed by atoms with van der Waals surface area (Å²) in [5.74, 6) is 0.289. The Morgan fingerprint density at radius 2 is 2.12 bits per heavy atom. The van der Waals surface area contributed by atoms with Gasteiger partial charge in [-0.05, 0) is 12.1 Å². The summed E-state index contributed by atoms with van der Waals surface area (Å²) in [5, 5.41) is 0. The summed E-state index contributed by atoms with van der Waals surface area (Å²) >= 11 is 17.6. The second kappa shape index (κ2) is 4.53. The zero-order valence-electron chi connectivity index (χ0n) is 8.95. The topological polar surface area (TPSA) is 53.1 Å². The first-order chi connectivity index (χ1) is 7.95. The van der Waals surface area contributed by atoms with E-state index in [-0.39, 0.29) is 12.6 Å². The van der Waals surface area contributed by atoms with Crippen LogP contribution in [-0.4, -0.2) is 16.7 Å². The van der Waals surface area contributed by atoms with Crippen molar-refractivity contribution in [2.45, 2.75) is 10.5 Å². The number of hydrogen-bond donors (Lipinski definition) is 1. The van der Waals surface area contributed by atoms with Crippen molar-refractivity contribution < 1.29 is 4.74 Å². The third kappa shape index (κ3) is 2.31. The molecule has 0 amide bonds. The Morgan fingerprint density at radius 1 is 1.41 bits per heavy atom. The van der Waals surface area contributed by atoms with Crippen molar-refractivity contribution in [1.82, 2.24) is 9.55 Å². The van der Waals surface area contributed by atoms with E-state index in [2.05, 4.69) is 4.98 Å². The van der Waals surface area contributed by atoms with E-state index in [1.165, 1.54) is 0 Å². The summed E-state index contributed by atoms with van der Waals surface area (Å²) in [6, 6.07) is 5.40. The molecule has 0 radical (unpaired) electrons. The second-order valence-corrected chi connectivity index (χ2v) is 5.78. The Morgan fingerprint density at radius 3 is 2.71 bits per heavy atom. The van der Waals surface area contributed by atoms with E-state index in [9.17, 15) is 0 Å². The standard InChI is InChI=1S/C10H10Cl3N3O/c1-17-5-16-7-4-2-3-6(14)8(7)15-9(16)10(11,12)13/h2-4H,5,14H2,1H3. The highest BCUT2D eigenvalue weighted by molar-refractivity contribution is 6.66. The van der Waals surface area contributed by atoms with Gasteiger partial charge >= 0.3 is 0 Å². The lowest BCUT2D eigenvalue weighted by Gasteiger charge is -2.13. The summed E-state index contributed by atoms with van der Waals surface area (Å²) < 4.78 is 5.13. The molecule has 0 aliphatic carbocycles. The van der Waals surface area contributed by atoms with E-state index in [0.29, 0.717) is 11.2 Å². The van der Waals surface area contributed by atoms with Crippen molar-refractivity contribution in [3.05, 3.63) is 24.0 Å². The molecule has 1 heterocycles. The minimum atomic E-state index is -1.62. The van der Waals surface area contributed by atoms with Crippen molar-refractivity contribution in [1.29, 1.82) is 0 Å². The molecule has 0 spiro atoms. The molecule has 7 heteroatoms. The highest BCUT2D eigenvalue weighted by Crippen LogP contribution is 2.39. The first-order valence-electron chi connectivity index (χ1n) is 4.76. The van der Waals surface area contributed by atoms with Crippen LogP contribution in [0.15, 0.2) is 18.2 Å². The van der Waals surface area contributed by atoms with Gasteiger partial charge < -0.3 is 15.0 Å². The molecule has 2 N–H and O–H groups in total. The number of nitrogen functional groups attached to an aromatic ring is 1. The molecule has 0 fully saturated rings. The van der Waals surface area contributed by atoms with Gasteiger partial charge in [-0.2, -0.15) is 0 Å². The minimum absolute atomic E-state index is 0.239. The number of methoxy groups -OCH3 is 1. The molecule has 2 aromatic rings. The fraction of sp³-hybridized carbons (Fsp3) is 0.300. The Kier molecular flexibility index (Phi) is 3.41. The number of nitrogens with zero attached hydrogens (tertiary/aromatic N) is 2. The molecule has 2 rings (SSSR count). The molecule has 0 bridgehead atoms. The van der Waals surface area contributed by atoms with Crippen LogP contribution >= 0.6 is 34.8 Å². The fourth-order valence-corrected chi connectivity index (χ4v) is 2.08. The molecule has 0 aliphatic rings. The largest absolute Gasteiger partial charge is 0.397 e. The molecule has 0 saturated carbocycles. The smallest absolute Gasteiger partial charge is 0.248 e. The van der Waals surface area contributed by atoms with Gasteiger partial charge in [0.15, 0.2) is 5.82 Å². The third-order valence-electron chi connectivity index (χ3n) is 2.32. The summed E-state index contributed by atoms with van der Waals surface area (Å²) in [5.41, 5.74) is 7.74. The van der Waals surface area contributed by atoms with E-state index in [0.717, 1.165) is 5.52 Å². The van der Waals surface area contributed by atoms with Crippen molar-refractivity contribution in [2.24, 2.45) is 0 Å². The van der Waals surface area contributed by atoms with Crippen LogP contribution in [0.1, 0.15) is 5.82 Å². The molecule has 17 heavy (non-hydrogen) atoms. The minimum Gasteiger partial charge on any atom is -0.397 e. The lowest BCUT2D eigenvalue weighted by molar-refractivity contribution is 0.132. The molecular weight excluding hydrogens is 284 g/mol. The van der Waals surface area contributed by atoms with Gasteiger partial charge in [-0.25, -0.2) is 4.98 Å².